The number of hydrogen-bond acceptors (Lipinski definition) is 7. The Morgan fingerprint density at radius 2 is 1.54 bits per heavy atom. The highest BCUT2D eigenvalue weighted by Gasteiger charge is 2.47. The molecule has 3 rings (SSSR count). The van der Waals surface area contributed by atoms with Gasteiger partial charge in [0, 0.05) is 16.8 Å². The molecule has 28 heavy (non-hydrogen) atoms. The Kier molecular flexibility index (Phi) is 5.59. The van der Waals surface area contributed by atoms with Crippen molar-refractivity contribution in [1.29, 1.82) is 0 Å². The zero-order valence-corrected chi connectivity index (χ0v) is 18.1. The number of carbonyl (C=O) groups is 2. The summed E-state index contributed by atoms with van der Waals surface area (Å²) in [6.45, 7) is 7.17. The van der Waals surface area contributed by atoms with Crippen LogP contribution in [0.3, 0.4) is 0 Å². The molecule has 1 atom stereocenters. The van der Waals surface area contributed by atoms with E-state index >= 15 is 0 Å². The number of benzene rings is 1. The van der Waals surface area contributed by atoms with Gasteiger partial charge in [0.25, 0.3) is 11.8 Å². The SMILES string of the molecule is COS(=O)SCC1=C(CN2C(=O)c3ccccc3C2=O)C(C)(C)N([O-])C1(C)C. The van der Waals surface area contributed by atoms with Gasteiger partial charge in [0.1, 0.15) is 0 Å². The first-order valence-corrected chi connectivity index (χ1v) is 11.4. The molecule has 0 bridgehead atoms. The summed E-state index contributed by atoms with van der Waals surface area (Å²) in [5.74, 6) is -0.425. The molecule has 1 aromatic carbocycles. The van der Waals surface area contributed by atoms with Gasteiger partial charge in [-0.3, -0.25) is 18.7 Å². The van der Waals surface area contributed by atoms with Gasteiger partial charge in [-0.05, 0) is 61.8 Å². The normalized spacial score (nSPS) is 22.1. The lowest BCUT2D eigenvalue weighted by atomic mass is 9.91. The standard InChI is InChI=1S/C19H23N2O5S2/c1-18(2)14(15(11-27-28(25)26-5)19(3,4)21(18)24)10-20-16(22)12-8-6-7-9-13(12)17(20)23/h6-9H,10-11H2,1-5H3/q-1. The number of amides is 2. The van der Waals surface area contributed by atoms with Crippen LogP contribution in [0.4, 0.5) is 0 Å². The number of fused-ring (bicyclic) bond motifs is 1. The third-order valence-corrected chi connectivity index (χ3v) is 7.70. The minimum absolute atomic E-state index is 0.0248. The Hall–Kier alpha value is -1.52. The molecular formula is C19H23N2O5S2-. The third-order valence-electron chi connectivity index (χ3n) is 5.49. The van der Waals surface area contributed by atoms with Gasteiger partial charge in [-0.25, -0.2) is 4.21 Å². The number of rotatable bonds is 6. The second-order valence-electron chi connectivity index (χ2n) is 7.74. The number of carbonyl (C=O) groups excluding carboxylic acids is 2. The molecule has 0 fully saturated rings. The van der Waals surface area contributed by atoms with Gasteiger partial charge in [-0.15, -0.1) is 0 Å². The summed E-state index contributed by atoms with van der Waals surface area (Å²) in [7, 11) is 0.872. The van der Waals surface area contributed by atoms with Crippen LogP contribution in [0.2, 0.25) is 0 Å². The van der Waals surface area contributed by atoms with Crippen molar-refractivity contribution in [2.45, 2.75) is 38.8 Å². The summed E-state index contributed by atoms with van der Waals surface area (Å²) in [5, 5.41) is 14.0. The molecule has 9 heteroatoms. The lowest BCUT2D eigenvalue weighted by Gasteiger charge is -2.48. The van der Waals surface area contributed by atoms with Crippen molar-refractivity contribution in [2.75, 3.05) is 19.4 Å². The first kappa shape index (κ1) is 21.2. The minimum atomic E-state index is -1.54. The Morgan fingerprint density at radius 3 is 2.04 bits per heavy atom. The van der Waals surface area contributed by atoms with Crippen LogP contribution in [0, 0.1) is 5.21 Å². The second kappa shape index (κ2) is 7.38. The van der Waals surface area contributed by atoms with Crippen molar-refractivity contribution < 1.29 is 18.0 Å². The van der Waals surface area contributed by atoms with E-state index in [9.17, 15) is 19.0 Å². The zero-order valence-electron chi connectivity index (χ0n) is 16.5. The molecule has 0 saturated heterocycles. The van der Waals surface area contributed by atoms with E-state index in [4.69, 9.17) is 4.18 Å². The molecule has 2 amide bonds. The Morgan fingerprint density at radius 1 is 1.04 bits per heavy atom. The topological polar surface area (TPSA) is 90.0 Å². The van der Waals surface area contributed by atoms with Crippen LogP contribution < -0.4 is 0 Å². The summed E-state index contributed by atoms with van der Waals surface area (Å²) < 4.78 is 16.5. The maximum absolute atomic E-state index is 13.0. The van der Waals surface area contributed by atoms with Gasteiger partial charge >= 0.3 is 0 Å². The highest BCUT2D eigenvalue weighted by atomic mass is 33.1. The zero-order chi connectivity index (χ0) is 20.9. The van der Waals surface area contributed by atoms with E-state index in [1.807, 2.05) is 0 Å². The molecule has 0 N–H and O–H groups in total. The van der Waals surface area contributed by atoms with Crippen LogP contribution in [0.5, 0.6) is 0 Å². The number of nitrogens with zero attached hydrogens (tertiary/aromatic N) is 2. The van der Waals surface area contributed by atoms with Gasteiger partial charge < -0.3 is 10.3 Å². The predicted molar refractivity (Wildman–Crippen MR) is 110 cm³/mol. The van der Waals surface area contributed by atoms with Crippen molar-refractivity contribution >= 4 is 32.7 Å². The smallest absolute Gasteiger partial charge is 0.261 e. The van der Waals surface area contributed by atoms with Crippen LogP contribution in [0.25, 0.3) is 0 Å². The van der Waals surface area contributed by atoms with Gasteiger partial charge in [0.15, 0.2) is 0 Å². The van der Waals surface area contributed by atoms with Crippen LogP contribution >= 0.6 is 10.8 Å². The minimum Gasteiger partial charge on any atom is -0.784 e. The fourth-order valence-electron chi connectivity index (χ4n) is 3.93. The van der Waals surface area contributed by atoms with Gasteiger partial charge in [0.2, 0.25) is 10.1 Å². The van der Waals surface area contributed by atoms with Gasteiger partial charge in [-0.1, -0.05) is 12.1 Å². The second-order valence-corrected chi connectivity index (χ2v) is 10.5. The maximum atomic E-state index is 13.0. The molecule has 0 aliphatic carbocycles. The van der Waals surface area contributed by atoms with Crippen LogP contribution in [0.15, 0.2) is 35.4 Å². The fourth-order valence-corrected chi connectivity index (χ4v) is 5.70. The van der Waals surface area contributed by atoms with Crippen molar-refractivity contribution in [3.63, 3.8) is 0 Å². The summed E-state index contributed by atoms with van der Waals surface area (Å²) in [6, 6.07) is 6.70. The van der Waals surface area contributed by atoms with Crippen molar-refractivity contribution in [2.24, 2.45) is 0 Å². The average molecular weight is 424 g/mol. The molecule has 0 aromatic heterocycles. The lowest BCUT2D eigenvalue weighted by Crippen LogP contribution is -2.48. The van der Waals surface area contributed by atoms with E-state index in [1.165, 1.54) is 12.0 Å². The Bertz CT molecular complexity index is 859. The molecule has 1 aromatic rings. The van der Waals surface area contributed by atoms with Crippen molar-refractivity contribution in [3.8, 4) is 0 Å². The van der Waals surface area contributed by atoms with Crippen molar-refractivity contribution in [3.05, 3.63) is 51.7 Å². The highest BCUT2D eigenvalue weighted by Crippen LogP contribution is 2.46. The summed E-state index contributed by atoms with van der Waals surface area (Å²) >= 11 is 0. The Balaban J connectivity index is 2.00. The molecule has 152 valence electrons. The van der Waals surface area contributed by atoms with E-state index in [1.54, 1.807) is 52.0 Å². The summed E-state index contributed by atoms with van der Waals surface area (Å²) in [6.07, 6.45) is 0. The molecule has 0 radical (unpaired) electrons. The first-order chi connectivity index (χ1) is 13.0. The average Bonchev–Trinajstić information content (AvgIpc) is 2.97. The molecular weight excluding hydrogens is 400 g/mol. The fraction of sp³-hybridized carbons (Fsp3) is 0.474. The monoisotopic (exact) mass is 423 g/mol. The first-order valence-electron chi connectivity index (χ1n) is 8.78. The van der Waals surface area contributed by atoms with Crippen LogP contribution in [-0.2, 0) is 14.3 Å². The van der Waals surface area contributed by atoms with E-state index < -0.39 is 21.2 Å². The quantitative estimate of drug-likeness (QED) is 0.395. The summed E-state index contributed by atoms with van der Waals surface area (Å²) in [4.78, 5) is 26.8. The van der Waals surface area contributed by atoms with E-state index in [-0.39, 0.29) is 18.4 Å². The maximum Gasteiger partial charge on any atom is 0.261 e. The number of imide groups is 1. The lowest BCUT2D eigenvalue weighted by molar-refractivity contribution is 0.0658. The molecule has 0 spiro atoms. The molecule has 7 nitrogen and oxygen atoms in total. The number of hydrogen-bond donors (Lipinski definition) is 0. The van der Waals surface area contributed by atoms with Gasteiger partial charge in [0.05, 0.1) is 24.8 Å². The number of hydroxylamine groups is 2. The molecule has 0 saturated carbocycles. The Labute approximate surface area is 170 Å². The highest BCUT2D eigenvalue weighted by molar-refractivity contribution is 8.67. The van der Waals surface area contributed by atoms with Crippen LogP contribution in [-0.4, -0.2) is 56.5 Å². The third kappa shape index (κ3) is 3.25. The van der Waals surface area contributed by atoms with Crippen molar-refractivity contribution in [1.82, 2.24) is 9.96 Å². The molecule has 2 aliphatic rings. The predicted octanol–water partition coefficient (Wildman–Crippen LogP) is 2.91. The van der Waals surface area contributed by atoms with E-state index in [0.717, 1.165) is 21.4 Å². The van der Waals surface area contributed by atoms with Crippen LogP contribution in [0.1, 0.15) is 48.4 Å². The molecule has 2 aliphatic heterocycles. The molecule has 1 unspecified atom stereocenters. The van der Waals surface area contributed by atoms with E-state index in [2.05, 4.69) is 0 Å². The van der Waals surface area contributed by atoms with Gasteiger partial charge in [-0.2, -0.15) is 0 Å². The largest absolute Gasteiger partial charge is 0.784 e. The van der Waals surface area contributed by atoms with E-state index in [0.29, 0.717) is 22.5 Å². The summed E-state index contributed by atoms with van der Waals surface area (Å²) in [5.41, 5.74) is 0.435. The molecule has 2 heterocycles.